The monoisotopic (exact) mass is 1180 g/mol. The third-order valence-electron chi connectivity index (χ3n) is 13.9. The van der Waals surface area contributed by atoms with Crippen LogP contribution in [-0.4, -0.2) is 96.7 Å². The molecule has 0 aromatic heterocycles. The third kappa shape index (κ3) is 55.3. The van der Waals surface area contributed by atoms with Crippen LogP contribution in [0.25, 0.3) is 0 Å². The summed E-state index contributed by atoms with van der Waals surface area (Å²) in [6.07, 6.45) is 32.5. The number of aliphatic hydroxyl groups excluding tert-OH is 1. The number of phosphoric acid groups is 2. The zero-order valence-electron chi connectivity index (χ0n) is 51.5. The van der Waals surface area contributed by atoms with Gasteiger partial charge < -0.3 is 33.8 Å². The smallest absolute Gasteiger partial charge is 0.462 e. The Morgan fingerprint density at radius 2 is 0.575 bits per heavy atom. The fraction of sp³-hybridized carbons (Fsp3) is 0.934. The zero-order valence-corrected chi connectivity index (χ0v) is 53.3. The van der Waals surface area contributed by atoms with Gasteiger partial charge in [0.05, 0.1) is 26.4 Å². The third-order valence-corrected chi connectivity index (χ3v) is 15.8. The van der Waals surface area contributed by atoms with Gasteiger partial charge in [0.25, 0.3) is 0 Å². The number of carbonyl (C=O) groups excluding carboxylic acids is 4. The molecule has 5 atom stereocenters. The Hall–Kier alpha value is -1.94. The summed E-state index contributed by atoms with van der Waals surface area (Å²) in [5.74, 6) is -0.118. The molecule has 0 radical (unpaired) electrons. The quantitative estimate of drug-likeness (QED) is 0.0222. The highest BCUT2D eigenvalue weighted by molar-refractivity contribution is 7.47. The Morgan fingerprint density at radius 3 is 0.850 bits per heavy atom. The van der Waals surface area contributed by atoms with Crippen molar-refractivity contribution < 1.29 is 80.2 Å². The molecule has 0 fully saturated rings. The van der Waals surface area contributed by atoms with E-state index < -0.39 is 97.5 Å². The highest BCUT2D eigenvalue weighted by Crippen LogP contribution is 2.45. The predicted octanol–water partition coefficient (Wildman–Crippen LogP) is 16.3. The lowest BCUT2D eigenvalue weighted by Crippen LogP contribution is -2.30. The molecule has 0 aromatic carbocycles. The second-order valence-electron chi connectivity index (χ2n) is 23.5. The summed E-state index contributed by atoms with van der Waals surface area (Å²) in [5, 5.41) is 10.5. The number of hydrogen-bond donors (Lipinski definition) is 3. The molecule has 0 bridgehead atoms. The molecule has 17 nitrogen and oxygen atoms in total. The Balaban J connectivity index is 5.23. The van der Waals surface area contributed by atoms with E-state index in [2.05, 4.69) is 48.5 Å². The fourth-order valence-electron chi connectivity index (χ4n) is 8.95. The SMILES string of the molecule is CCCCCCCCCCCCCCCC(=O)O[C@H](COC(=O)CCCCCCCCC(C)C)COP(=O)(O)OC[C@@H](O)COP(=O)(O)OC[C@@H](COC(=O)CCCCCCCCC(C)C)OC(=O)CCCCCCCCC(C)C. The largest absolute Gasteiger partial charge is 0.472 e. The molecule has 0 aliphatic carbocycles. The van der Waals surface area contributed by atoms with Gasteiger partial charge in [0.2, 0.25) is 0 Å². The minimum atomic E-state index is -4.94. The lowest BCUT2D eigenvalue weighted by Gasteiger charge is -2.21. The van der Waals surface area contributed by atoms with E-state index in [-0.39, 0.29) is 25.7 Å². The first kappa shape index (κ1) is 78.1. The van der Waals surface area contributed by atoms with Crippen LogP contribution >= 0.6 is 15.6 Å². The number of ether oxygens (including phenoxy) is 4. The van der Waals surface area contributed by atoms with Crippen LogP contribution in [0.2, 0.25) is 0 Å². The average molecular weight is 1190 g/mol. The molecule has 0 spiro atoms. The molecule has 0 heterocycles. The molecule has 0 saturated heterocycles. The molecule has 3 N–H and O–H groups in total. The maximum Gasteiger partial charge on any atom is 0.472 e. The molecule has 0 aliphatic heterocycles. The van der Waals surface area contributed by atoms with Crippen molar-refractivity contribution in [2.75, 3.05) is 39.6 Å². The summed E-state index contributed by atoms with van der Waals surface area (Å²) in [4.78, 5) is 72.0. The highest BCUT2D eigenvalue weighted by Gasteiger charge is 2.30. The van der Waals surface area contributed by atoms with Gasteiger partial charge in [0.1, 0.15) is 19.3 Å². The molecule has 0 aromatic rings. The first-order valence-electron chi connectivity index (χ1n) is 31.8. The second-order valence-corrected chi connectivity index (χ2v) is 26.4. The maximum atomic E-state index is 12.9. The molecule has 0 rings (SSSR count). The molecule has 2 unspecified atom stereocenters. The van der Waals surface area contributed by atoms with Crippen LogP contribution in [0, 0.1) is 17.8 Å². The molecule has 0 amide bonds. The summed E-state index contributed by atoms with van der Waals surface area (Å²) in [6, 6.07) is 0. The van der Waals surface area contributed by atoms with Gasteiger partial charge in [0.15, 0.2) is 12.2 Å². The van der Waals surface area contributed by atoms with E-state index in [4.69, 9.17) is 37.0 Å². The van der Waals surface area contributed by atoms with Crippen LogP contribution in [0.15, 0.2) is 0 Å². The molecule has 474 valence electrons. The number of rotatable bonds is 59. The van der Waals surface area contributed by atoms with E-state index in [9.17, 15) is 43.2 Å². The highest BCUT2D eigenvalue weighted by atomic mass is 31.2. The number of hydrogen-bond acceptors (Lipinski definition) is 15. The van der Waals surface area contributed by atoms with E-state index in [0.717, 1.165) is 103 Å². The molecule has 19 heteroatoms. The fourth-order valence-corrected chi connectivity index (χ4v) is 10.5. The summed E-state index contributed by atoms with van der Waals surface area (Å²) >= 11 is 0. The Kier molecular flexibility index (Phi) is 51.3. The zero-order chi connectivity index (χ0) is 59.5. The van der Waals surface area contributed by atoms with Gasteiger partial charge in [-0.1, -0.05) is 241 Å². The van der Waals surface area contributed by atoms with Gasteiger partial charge in [-0.3, -0.25) is 37.3 Å². The lowest BCUT2D eigenvalue weighted by atomic mass is 10.0. The second kappa shape index (κ2) is 52.6. The Bertz CT molecular complexity index is 1600. The number of phosphoric ester groups is 2. The summed E-state index contributed by atoms with van der Waals surface area (Å²) in [6.45, 7) is 11.5. The van der Waals surface area contributed by atoms with Crippen molar-refractivity contribution >= 4 is 39.5 Å². The Labute approximate surface area is 486 Å². The number of esters is 4. The van der Waals surface area contributed by atoms with Crippen LogP contribution in [0.5, 0.6) is 0 Å². The van der Waals surface area contributed by atoms with E-state index in [1.165, 1.54) is 89.9 Å². The minimum absolute atomic E-state index is 0.101. The summed E-state index contributed by atoms with van der Waals surface area (Å²) < 4.78 is 67.8. The molecular formula is C61H118O17P2. The number of unbranched alkanes of at least 4 members (excludes halogenated alkanes) is 27. The summed E-state index contributed by atoms with van der Waals surface area (Å²) in [7, 11) is -9.88. The van der Waals surface area contributed by atoms with Crippen molar-refractivity contribution in [1.29, 1.82) is 0 Å². The van der Waals surface area contributed by atoms with Crippen LogP contribution in [-0.2, 0) is 65.4 Å². The minimum Gasteiger partial charge on any atom is -0.462 e. The predicted molar refractivity (Wildman–Crippen MR) is 317 cm³/mol. The molecule has 0 saturated carbocycles. The molecule has 0 aliphatic rings. The maximum absolute atomic E-state index is 12.9. The van der Waals surface area contributed by atoms with Crippen LogP contribution in [0.3, 0.4) is 0 Å². The van der Waals surface area contributed by atoms with E-state index in [1.807, 2.05) is 0 Å². The first-order valence-corrected chi connectivity index (χ1v) is 34.8. The molecule has 80 heavy (non-hydrogen) atoms. The van der Waals surface area contributed by atoms with Crippen LogP contribution in [0.4, 0.5) is 0 Å². The van der Waals surface area contributed by atoms with Crippen LogP contribution < -0.4 is 0 Å². The van der Waals surface area contributed by atoms with Crippen molar-refractivity contribution in [3.8, 4) is 0 Å². The lowest BCUT2D eigenvalue weighted by molar-refractivity contribution is -0.161. The van der Waals surface area contributed by atoms with Crippen molar-refractivity contribution in [3.05, 3.63) is 0 Å². The van der Waals surface area contributed by atoms with E-state index in [0.29, 0.717) is 43.4 Å². The van der Waals surface area contributed by atoms with Crippen molar-refractivity contribution in [2.24, 2.45) is 17.8 Å². The van der Waals surface area contributed by atoms with Gasteiger partial charge in [0, 0.05) is 25.7 Å². The van der Waals surface area contributed by atoms with Gasteiger partial charge in [-0.15, -0.1) is 0 Å². The van der Waals surface area contributed by atoms with Gasteiger partial charge >= 0.3 is 39.5 Å². The normalized spacial score (nSPS) is 14.5. The van der Waals surface area contributed by atoms with E-state index in [1.54, 1.807) is 0 Å². The van der Waals surface area contributed by atoms with E-state index >= 15 is 0 Å². The average Bonchev–Trinajstić information content (AvgIpc) is 3.40. The Morgan fingerprint density at radius 1 is 0.338 bits per heavy atom. The van der Waals surface area contributed by atoms with Gasteiger partial charge in [-0.25, -0.2) is 9.13 Å². The first-order chi connectivity index (χ1) is 38.2. The van der Waals surface area contributed by atoms with Gasteiger partial charge in [-0.05, 0) is 43.4 Å². The number of aliphatic hydroxyl groups is 1. The standard InChI is InChI=1S/C61H118O17P2/c1-8-9-10-11-12-13-14-15-16-17-18-30-37-44-60(65)77-56(48-71-58(63)42-35-28-22-19-25-32-39-52(2)3)50-75-79(67,68)73-46-55(62)47-74-80(69,70)76-51-57(78-61(66)45-38-31-24-21-27-34-41-54(6)7)49-72-59(64)43-36-29-23-20-26-33-40-53(4)5/h52-57,62H,8-51H2,1-7H3,(H,67,68)(H,69,70)/t55-,56-,57-/m1/s1. The number of carbonyl (C=O) groups is 4. The molecular weight excluding hydrogens is 1070 g/mol. The van der Waals surface area contributed by atoms with Crippen molar-refractivity contribution in [2.45, 2.75) is 311 Å². The summed E-state index contributed by atoms with van der Waals surface area (Å²) in [5.41, 5.74) is 0. The van der Waals surface area contributed by atoms with Crippen molar-refractivity contribution in [3.63, 3.8) is 0 Å². The van der Waals surface area contributed by atoms with Crippen molar-refractivity contribution in [1.82, 2.24) is 0 Å². The topological polar surface area (TPSA) is 237 Å². The van der Waals surface area contributed by atoms with Gasteiger partial charge in [-0.2, -0.15) is 0 Å². The van der Waals surface area contributed by atoms with Crippen LogP contribution in [0.1, 0.15) is 292 Å².